The van der Waals surface area contributed by atoms with Crippen LogP contribution in [0.3, 0.4) is 0 Å². The van der Waals surface area contributed by atoms with Crippen molar-refractivity contribution in [2.45, 2.75) is 13.8 Å². The van der Waals surface area contributed by atoms with Gasteiger partial charge in [0.15, 0.2) is 0 Å². The van der Waals surface area contributed by atoms with E-state index in [4.69, 9.17) is 4.52 Å². The van der Waals surface area contributed by atoms with Crippen LogP contribution >= 0.6 is 0 Å². The van der Waals surface area contributed by atoms with E-state index in [1.54, 1.807) is 0 Å². The molecule has 0 saturated heterocycles. The molecular weight excluding hydrogens is 250 g/mol. The number of nitro groups is 1. The lowest BCUT2D eigenvalue weighted by Gasteiger charge is -1.97. The number of nitrogens with one attached hydrogen (secondary N) is 1. The number of non-ortho nitro benzene ring substituents is 1. The fourth-order valence-electron chi connectivity index (χ4n) is 1.28. The van der Waals surface area contributed by atoms with E-state index in [0.717, 1.165) is 11.3 Å². The minimum atomic E-state index is -0.466. The van der Waals surface area contributed by atoms with Gasteiger partial charge in [0, 0.05) is 17.7 Å². The number of aryl methyl sites for hydroxylation is 1. The van der Waals surface area contributed by atoms with Crippen molar-refractivity contribution in [1.29, 1.82) is 0 Å². The Kier molecular flexibility index (Phi) is 3.51. The first-order chi connectivity index (χ1) is 9.08. The predicted molar refractivity (Wildman–Crippen MR) is 67.2 cm³/mol. The first-order valence-corrected chi connectivity index (χ1v) is 5.42. The number of nitrogens with zero attached hydrogens (tertiary/aromatic N) is 4. The van der Waals surface area contributed by atoms with Crippen molar-refractivity contribution in [2.24, 2.45) is 10.3 Å². The highest BCUT2D eigenvalue weighted by Gasteiger charge is 2.06. The predicted octanol–water partition coefficient (Wildman–Crippen LogP) is 3.31. The van der Waals surface area contributed by atoms with E-state index >= 15 is 0 Å². The Labute approximate surface area is 108 Å². The van der Waals surface area contributed by atoms with Gasteiger partial charge in [0.25, 0.3) is 11.6 Å². The van der Waals surface area contributed by atoms with Crippen molar-refractivity contribution in [3.05, 3.63) is 45.6 Å². The monoisotopic (exact) mass is 261 g/mol. The van der Waals surface area contributed by atoms with E-state index < -0.39 is 4.92 Å². The topological polar surface area (TPSA) is 106 Å². The molecule has 0 unspecified atom stereocenters. The normalized spacial score (nSPS) is 10.8. The van der Waals surface area contributed by atoms with Gasteiger partial charge >= 0.3 is 0 Å². The number of benzene rings is 1. The Bertz CT molecular complexity index is 618. The molecule has 0 bridgehead atoms. The van der Waals surface area contributed by atoms with Crippen LogP contribution in [0.2, 0.25) is 0 Å². The average molecular weight is 261 g/mol. The number of hydrogen-bond acceptors (Lipinski definition) is 6. The lowest BCUT2D eigenvalue weighted by atomic mass is 10.3. The Morgan fingerprint density at radius 1 is 1.32 bits per heavy atom. The molecule has 0 amide bonds. The van der Waals surface area contributed by atoms with E-state index in [1.807, 2.05) is 13.8 Å². The molecule has 2 rings (SSSR count). The van der Waals surface area contributed by atoms with Crippen LogP contribution in [0.1, 0.15) is 11.3 Å². The van der Waals surface area contributed by atoms with Crippen LogP contribution in [0, 0.1) is 24.0 Å². The number of hydrogen-bond donors (Lipinski definition) is 1. The molecule has 0 atom stereocenters. The zero-order chi connectivity index (χ0) is 13.8. The Hall–Kier alpha value is -2.77. The maximum Gasteiger partial charge on any atom is 0.274 e. The Morgan fingerprint density at radius 2 is 2.00 bits per heavy atom. The molecule has 19 heavy (non-hydrogen) atoms. The van der Waals surface area contributed by atoms with Gasteiger partial charge in [0.1, 0.15) is 0 Å². The van der Waals surface area contributed by atoms with Gasteiger partial charge in [-0.3, -0.25) is 15.5 Å². The van der Waals surface area contributed by atoms with Crippen LogP contribution in [0.4, 0.5) is 17.3 Å². The third-order valence-electron chi connectivity index (χ3n) is 2.53. The van der Waals surface area contributed by atoms with Crippen molar-refractivity contribution in [1.82, 2.24) is 5.16 Å². The van der Waals surface area contributed by atoms with Crippen molar-refractivity contribution < 1.29 is 9.45 Å². The second-order valence-corrected chi connectivity index (χ2v) is 3.81. The van der Waals surface area contributed by atoms with Gasteiger partial charge in [0.05, 0.1) is 16.3 Å². The molecule has 0 radical (unpaired) electrons. The number of anilines is 1. The zero-order valence-corrected chi connectivity index (χ0v) is 10.3. The summed E-state index contributed by atoms with van der Waals surface area (Å²) in [4.78, 5) is 10.0. The van der Waals surface area contributed by atoms with Gasteiger partial charge in [-0.15, -0.1) is 0 Å². The van der Waals surface area contributed by atoms with E-state index in [1.165, 1.54) is 24.3 Å². The molecule has 0 saturated carbocycles. The van der Waals surface area contributed by atoms with E-state index in [2.05, 4.69) is 20.9 Å². The average Bonchev–Trinajstić information content (AvgIpc) is 2.71. The van der Waals surface area contributed by atoms with Crippen LogP contribution in [0.25, 0.3) is 0 Å². The summed E-state index contributed by atoms with van der Waals surface area (Å²) in [6.45, 7) is 3.63. The maximum absolute atomic E-state index is 10.5. The van der Waals surface area contributed by atoms with Gasteiger partial charge < -0.3 is 4.52 Å². The van der Waals surface area contributed by atoms with Crippen LogP contribution < -0.4 is 5.43 Å². The molecule has 98 valence electrons. The molecule has 2 aromatic rings. The van der Waals surface area contributed by atoms with Crippen molar-refractivity contribution in [3.63, 3.8) is 0 Å². The summed E-state index contributed by atoms with van der Waals surface area (Å²) in [5, 5.41) is 21.8. The van der Waals surface area contributed by atoms with Crippen LogP contribution in [0.5, 0.6) is 0 Å². The summed E-state index contributed by atoms with van der Waals surface area (Å²) in [6.07, 6.45) is 0. The summed E-state index contributed by atoms with van der Waals surface area (Å²) in [5.74, 6) is 0.326. The molecule has 0 aliphatic carbocycles. The van der Waals surface area contributed by atoms with Gasteiger partial charge in [-0.1, -0.05) is 15.5 Å². The minimum absolute atomic E-state index is 0.0178. The molecule has 1 aromatic carbocycles. The number of rotatable bonds is 4. The highest BCUT2D eigenvalue weighted by Crippen LogP contribution is 2.21. The van der Waals surface area contributed by atoms with Crippen molar-refractivity contribution in [2.75, 3.05) is 5.43 Å². The Balaban J connectivity index is 2.02. The minimum Gasteiger partial charge on any atom is -0.334 e. The first-order valence-electron chi connectivity index (χ1n) is 5.42. The molecule has 1 N–H and O–H groups in total. The van der Waals surface area contributed by atoms with Gasteiger partial charge in [-0.25, -0.2) is 0 Å². The lowest BCUT2D eigenvalue weighted by molar-refractivity contribution is -0.384. The van der Waals surface area contributed by atoms with Gasteiger partial charge in [0.2, 0.25) is 0 Å². The van der Waals surface area contributed by atoms with Gasteiger partial charge in [-0.2, -0.15) is 0 Å². The third kappa shape index (κ3) is 2.92. The van der Waals surface area contributed by atoms with Gasteiger partial charge in [-0.05, 0) is 26.0 Å². The van der Waals surface area contributed by atoms with Crippen LogP contribution in [-0.4, -0.2) is 10.1 Å². The molecule has 0 aliphatic heterocycles. The molecule has 0 spiro atoms. The molecule has 1 heterocycles. The van der Waals surface area contributed by atoms with Crippen LogP contribution in [-0.2, 0) is 0 Å². The number of aromatic nitrogens is 1. The summed E-state index contributed by atoms with van der Waals surface area (Å²) in [6, 6.07) is 5.83. The van der Waals surface area contributed by atoms with E-state index in [0.29, 0.717) is 11.6 Å². The molecule has 1 aromatic heterocycles. The number of nitro benzene ring substituents is 1. The second-order valence-electron chi connectivity index (χ2n) is 3.81. The standard InChI is InChI=1S/C11H11N5O3/c1-7-8(2)14-19-11(7)13-15-12-9-3-5-10(6-4-9)16(17)18/h3-6H,1-2H3,(H,12,13). The highest BCUT2D eigenvalue weighted by molar-refractivity contribution is 5.47. The molecule has 0 aliphatic rings. The summed E-state index contributed by atoms with van der Waals surface area (Å²) >= 11 is 0. The maximum atomic E-state index is 10.5. The van der Waals surface area contributed by atoms with E-state index in [-0.39, 0.29) is 5.69 Å². The molecular formula is C11H11N5O3. The summed E-state index contributed by atoms with van der Waals surface area (Å²) in [5.41, 5.74) is 4.82. The van der Waals surface area contributed by atoms with Crippen molar-refractivity contribution in [3.8, 4) is 0 Å². The Morgan fingerprint density at radius 3 is 2.53 bits per heavy atom. The first kappa shape index (κ1) is 12.7. The van der Waals surface area contributed by atoms with Crippen LogP contribution in [0.15, 0.2) is 39.1 Å². The quantitative estimate of drug-likeness (QED) is 0.516. The largest absolute Gasteiger partial charge is 0.334 e. The fourth-order valence-corrected chi connectivity index (χ4v) is 1.28. The fraction of sp³-hybridized carbons (Fsp3) is 0.182. The molecule has 8 heteroatoms. The zero-order valence-electron chi connectivity index (χ0n) is 10.3. The molecule has 0 fully saturated rings. The van der Waals surface area contributed by atoms with E-state index in [9.17, 15) is 10.1 Å². The summed E-state index contributed by atoms with van der Waals surface area (Å²) in [7, 11) is 0. The highest BCUT2D eigenvalue weighted by atomic mass is 16.6. The smallest absolute Gasteiger partial charge is 0.274 e. The molecule has 8 nitrogen and oxygen atoms in total. The SMILES string of the molecule is Cc1noc(N=NNc2ccc([N+](=O)[O-])cc2)c1C. The third-order valence-corrected chi connectivity index (χ3v) is 2.53. The summed E-state index contributed by atoms with van der Waals surface area (Å²) < 4.78 is 4.94. The second kappa shape index (κ2) is 5.25. The lowest BCUT2D eigenvalue weighted by Crippen LogP contribution is -1.89. The van der Waals surface area contributed by atoms with Crippen molar-refractivity contribution >= 4 is 17.3 Å².